The van der Waals surface area contributed by atoms with Gasteiger partial charge in [-0.2, -0.15) is 18.3 Å². The smallest absolute Gasteiger partial charge is 0.475 e. The number of aliphatic carboxylic acids is 1. The van der Waals surface area contributed by atoms with Crippen molar-refractivity contribution in [2.24, 2.45) is 7.05 Å². The molecule has 1 aliphatic heterocycles. The summed E-state index contributed by atoms with van der Waals surface area (Å²) in [5.74, 6) is -2.86. The minimum absolute atomic E-state index is 0.0982. The van der Waals surface area contributed by atoms with Gasteiger partial charge < -0.3 is 14.7 Å². The number of ether oxygens (including phenoxy) is 1. The standard InChI is InChI=1S/C15H19N5O2.C2HF3O2/c1-3-22-9-13-14-11(8-18-19(14)2)5-7-20(13)15(21)12-4-6-16-10-17-12;3-2(4,5)1(6)7/h4,6,8,10,13H,3,5,7,9H2,1-2H3;(H,6,7). The van der Waals surface area contributed by atoms with E-state index in [0.29, 0.717) is 25.5 Å². The van der Waals surface area contributed by atoms with Crippen LogP contribution in [0.25, 0.3) is 0 Å². The number of fused-ring (bicyclic) bond motifs is 1. The van der Waals surface area contributed by atoms with E-state index in [1.807, 2.05) is 29.7 Å². The lowest BCUT2D eigenvalue weighted by molar-refractivity contribution is -0.192. The Labute approximate surface area is 164 Å². The lowest BCUT2D eigenvalue weighted by atomic mass is 9.99. The summed E-state index contributed by atoms with van der Waals surface area (Å²) in [6.45, 7) is 3.65. The molecule has 29 heavy (non-hydrogen) atoms. The SMILES string of the molecule is CCOCC1c2c(cnn2C)CCN1C(=O)c1ccncn1.O=C(O)C(F)(F)F. The fraction of sp³-hybridized carbons (Fsp3) is 0.471. The Kier molecular flexibility index (Phi) is 7.26. The predicted octanol–water partition coefficient (Wildman–Crippen LogP) is 1.62. The molecule has 0 radical (unpaired) electrons. The molecule has 3 rings (SSSR count). The van der Waals surface area contributed by atoms with Gasteiger partial charge in [0.05, 0.1) is 24.5 Å². The van der Waals surface area contributed by atoms with Gasteiger partial charge in [0.25, 0.3) is 5.91 Å². The van der Waals surface area contributed by atoms with Crippen molar-refractivity contribution in [1.29, 1.82) is 0 Å². The van der Waals surface area contributed by atoms with Crippen LogP contribution in [0.1, 0.15) is 34.7 Å². The lowest BCUT2D eigenvalue weighted by Crippen LogP contribution is -2.43. The van der Waals surface area contributed by atoms with Gasteiger partial charge in [0.2, 0.25) is 0 Å². The fourth-order valence-electron chi connectivity index (χ4n) is 2.86. The second kappa shape index (κ2) is 9.45. The highest BCUT2D eigenvalue weighted by Gasteiger charge is 2.38. The maximum atomic E-state index is 12.8. The summed E-state index contributed by atoms with van der Waals surface area (Å²) < 4.78 is 39.2. The molecule has 9 nitrogen and oxygen atoms in total. The first-order valence-corrected chi connectivity index (χ1v) is 8.62. The van der Waals surface area contributed by atoms with Gasteiger partial charge in [-0.25, -0.2) is 14.8 Å². The van der Waals surface area contributed by atoms with Crippen molar-refractivity contribution < 1.29 is 32.6 Å². The summed E-state index contributed by atoms with van der Waals surface area (Å²) in [7, 11) is 1.90. The monoisotopic (exact) mass is 415 g/mol. The predicted molar refractivity (Wildman–Crippen MR) is 92.9 cm³/mol. The number of alkyl halides is 3. The van der Waals surface area contributed by atoms with Crippen molar-refractivity contribution >= 4 is 11.9 Å². The molecule has 3 heterocycles. The number of carbonyl (C=O) groups is 2. The summed E-state index contributed by atoms with van der Waals surface area (Å²) in [5.41, 5.74) is 2.63. The number of nitrogens with zero attached hydrogens (tertiary/aromatic N) is 5. The lowest BCUT2D eigenvalue weighted by Gasteiger charge is -2.35. The van der Waals surface area contributed by atoms with Gasteiger partial charge in [-0.05, 0) is 25.0 Å². The van der Waals surface area contributed by atoms with E-state index in [1.54, 1.807) is 12.3 Å². The van der Waals surface area contributed by atoms with Crippen LogP contribution in [-0.2, 0) is 23.0 Å². The Hall–Kier alpha value is -3.02. The molecule has 2 aromatic heterocycles. The molecule has 1 amide bonds. The first kappa shape index (κ1) is 22.3. The van der Waals surface area contributed by atoms with Gasteiger partial charge in [0.1, 0.15) is 12.0 Å². The van der Waals surface area contributed by atoms with Crippen LogP contribution in [0.2, 0.25) is 0 Å². The second-order valence-electron chi connectivity index (χ2n) is 6.00. The molecule has 1 unspecified atom stereocenters. The maximum Gasteiger partial charge on any atom is 0.490 e. The van der Waals surface area contributed by atoms with Crippen LogP contribution in [0.3, 0.4) is 0 Å². The van der Waals surface area contributed by atoms with Crippen LogP contribution in [0.15, 0.2) is 24.8 Å². The zero-order valence-electron chi connectivity index (χ0n) is 15.8. The van der Waals surface area contributed by atoms with E-state index < -0.39 is 12.1 Å². The third-order valence-electron chi connectivity index (χ3n) is 4.16. The summed E-state index contributed by atoms with van der Waals surface area (Å²) in [4.78, 5) is 31.4. The number of rotatable bonds is 4. The number of hydrogen-bond acceptors (Lipinski definition) is 6. The number of carboxylic acid groups (broad SMARTS) is 1. The number of amides is 1. The van der Waals surface area contributed by atoms with Gasteiger partial charge in [-0.3, -0.25) is 9.48 Å². The summed E-state index contributed by atoms with van der Waals surface area (Å²) in [6.07, 6.45) is 0.560. The van der Waals surface area contributed by atoms with E-state index in [1.165, 1.54) is 11.9 Å². The van der Waals surface area contributed by atoms with E-state index in [9.17, 15) is 18.0 Å². The number of halogens is 3. The average molecular weight is 415 g/mol. The zero-order valence-corrected chi connectivity index (χ0v) is 15.8. The van der Waals surface area contributed by atoms with Gasteiger partial charge in [0, 0.05) is 26.4 Å². The molecule has 0 aliphatic carbocycles. The molecule has 1 N–H and O–H groups in total. The van der Waals surface area contributed by atoms with Crippen molar-refractivity contribution in [1.82, 2.24) is 24.6 Å². The number of aromatic nitrogens is 4. The quantitative estimate of drug-likeness (QED) is 0.808. The highest BCUT2D eigenvalue weighted by Crippen LogP contribution is 2.30. The van der Waals surface area contributed by atoms with Crippen LogP contribution in [0.4, 0.5) is 13.2 Å². The first-order valence-electron chi connectivity index (χ1n) is 8.62. The average Bonchev–Trinajstić information content (AvgIpc) is 3.07. The van der Waals surface area contributed by atoms with Crippen LogP contribution >= 0.6 is 0 Å². The Morgan fingerprint density at radius 2 is 2.07 bits per heavy atom. The molecule has 0 saturated heterocycles. The van der Waals surface area contributed by atoms with Gasteiger partial charge >= 0.3 is 12.1 Å². The molecule has 2 aromatic rings. The number of hydrogen-bond donors (Lipinski definition) is 1. The highest BCUT2D eigenvalue weighted by molar-refractivity contribution is 5.92. The largest absolute Gasteiger partial charge is 0.490 e. The van der Waals surface area contributed by atoms with Gasteiger partial charge in [0.15, 0.2) is 0 Å². The Morgan fingerprint density at radius 3 is 2.62 bits per heavy atom. The molecular weight excluding hydrogens is 395 g/mol. The maximum absolute atomic E-state index is 12.8. The molecule has 1 atom stereocenters. The number of carbonyl (C=O) groups excluding carboxylic acids is 1. The normalized spacial score (nSPS) is 15.9. The topological polar surface area (TPSA) is 110 Å². The second-order valence-corrected chi connectivity index (χ2v) is 6.00. The molecule has 12 heteroatoms. The third-order valence-corrected chi connectivity index (χ3v) is 4.16. The summed E-state index contributed by atoms with van der Waals surface area (Å²) in [6, 6.07) is 1.50. The minimum Gasteiger partial charge on any atom is -0.475 e. The van der Waals surface area contributed by atoms with Crippen molar-refractivity contribution in [3.8, 4) is 0 Å². The van der Waals surface area contributed by atoms with Crippen LogP contribution in [0.5, 0.6) is 0 Å². The van der Waals surface area contributed by atoms with Crippen molar-refractivity contribution in [3.05, 3.63) is 41.7 Å². The van der Waals surface area contributed by atoms with Crippen molar-refractivity contribution in [2.75, 3.05) is 19.8 Å². The molecule has 0 saturated carbocycles. The van der Waals surface area contributed by atoms with Gasteiger partial charge in [-0.15, -0.1) is 0 Å². The minimum atomic E-state index is -5.08. The van der Waals surface area contributed by atoms with Crippen molar-refractivity contribution in [2.45, 2.75) is 25.6 Å². The zero-order chi connectivity index (χ0) is 21.6. The summed E-state index contributed by atoms with van der Waals surface area (Å²) in [5, 5.41) is 11.4. The first-order chi connectivity index (χ1) is 13.7. The van der Waals surface area contributed by atoms with Gasteiger partial charge in [-0.1, -0.05) is 0 Å². The number of carboxylic acids is 1. The molecule has 158 valence electrons. The third kappa shape index (κ3) is 5.50. The molecule has 1 aliphatic rings. The molecule has 0 fully saturated rings. The van der Waals surface area contributed by atoms with E-state index in [2.05, 4.69) is 15.1 Å². The van der Waals surface area contributed by atoms with E-state index in [4.69, 9.17) is 14.6 Å². The molecule has 0 aromatic carbocycles. The van der Waals surface area contributed by atoms with E-state index in [-0.39, 0.29) is 11.9 Å². The molecular formula is C17H20F3N5O4. The fourth-order valence-corrected chi connectivity index (χ4v) is 2.86. The van der Waals surface area contributed by atoms with E-state index >= 15 is 0 Å². The highest BCUT2D eigenvalue weighted by atomic mass is 19.4. The van der Waals surface area contributed by atoms with E-state index in [0.717, 1.165) is 12.1 Å². The Bertz CT molecular complexity index is 841. The van der Waals surface area contributed by atoms with Crippen molar-refractivity contribution in [3.63, 3.8) is 0 Å². The Morgan fingerprint density at radius 1 is 1.38 bits per heavy atom. The molecule has 0 spiro atoms. The van der Waals surface area contributed by atoms with Crippen LogP contribution in [0, 0.1) is 0 Å². The summed E-state index contributed by atoms with van der Waals surface area (Å²) >= 11 is 0. The van der Waals surface area contributed by atoms with Crippen LogP contribution in [-0.4, -0.2) is 67.6 Å². The Balaban J connectivity index is 0.000000370. The number of aryl methyl sites for hydroxylation is 1. The molecule has 0 bridgehead atoms. The van der Waals surface area contributed by atoms with Crippen LogP contribution < -0.4 is 0 Å².